The molecule has 0 spiro atoms. The topological polar surface area (TPSA) is 58.2 Å². The van der Waals surface area contributed by atoms with Crippen LogP contribution in [0.3, 0.4) is 0 Å². The van der Waals surface area contributed by atoms with Crippen LogP contribution < -0.4 is 10.0 Å². The molecular formula is C14H28N2O2S. The number of sulfonamides is 1. The molecule has 1 saturated heterocycles. The fourth-order valence-electron chi connectivity index (χ4n) is 3.21. The summed E-state index contributed by atoms with van der Waals surface area (Å²) in [6, 6.07) is 0.327. The third-order valence-electron chi connectivity index (χ3n) is 4.28. The zero-order valence-corrected chi connectivity index (χ0v) is 12.7. The van der Waals surface area contributed by atoms with Gasteiger partial charge in [-0.05, 0) is 32.2 Å². The number of rotatable bonds is 4. The van der Waals surface area contributed by atoms with Crippen molar-refractivity contribution in [1.29, 1.82) is 0 Å². The molecule has 1 aliphatic heterocycles. The highest BCUT2D eigenvalue weighted by Gasteiger charge is 2.23. The first kappa shape index (κ1) is 15.3. The van der Waals surface area contributed by atoms with Gasteiger partial charge in [0, 0.05) is 12.1 Å². The van der Waals surface area contributed by atoms with Gasteiger partial charge in [0.1, 0.15) is 0 Å². The van der Waals surface area contributed by atoms with Gasteiger partial charge in [-0.1, -0.05) is 38.5 Å². The molecule has 2 aliphatic rings. The molecule has 5 heteroatoms. The third kappa shape index (κ3) is 5.79. The highest BCUT2D eigenvalue weighted by molar-refractivity contribution is 7.89. The predicted octanol–water partition coefficient (Wildman–Crippen LogP) is 2.16. The highest BCUT2D eigenvalue weighted by atomic mass is 32.2. The van der Waals surface area contributed by atoms with E-state index in [1.165, 1.54) is 25.7 Å². The first-order valence-corrected chi connectivity index (χ1v) is 9.54. The van der Waals surface area contributed by atoms with E-state index in [1.807, 2.05) is 0 Å². The molecule has 1 aliphatic carbocycles. The SMILES string of the molecule is O=S(=O)(CC1CCCCN1)NC1CCCCCCC1. The second-order valence-electron chi connectivity index (χ2n) is 6.09. The molecule has 4 nitrogen and oxygen atoms in total. The third-order valence-corrected chi connectivity index (χ3v) is 5.82. The summed E-state index contributed by atoms with van der Waals surface area (Å²) in [6.45, 7) is 0.962. The van der Waals surface area contributed by atoms with E-state index in [0.29, 0.717) is 0 Å². The average molecular weight is 288 g/mol. The van der Waals surface area contributed by atoms with Crippen LogP contribution in [0.15, 0.2) is 0 Å². The van der Waals surface area contributed by atoms with Gasteiger partial charge in [-0.25, -0.2) is 13.1 Å². The Bertz CT molecular complexity index is 342. The molecule has 0 aromatic rings. The Labute approximate surface area is 117 Å². The normalized spacial score (nSPS) is 27.7. The van der Waals surface area contributed by atoms with Crippen molar-refractivity contribution in [2.75, 3.05) is 12.3 Å². The predicted molar refractivity (Wildman–Crippen MR) is 78.7 cm³/mol. The van der Waals surface area contributed by atoms with Gasteiger partial charge in [0.05, 0.1) is 5.75 Å². The Balaban J connectivity index is 1.80. The summed E-state index contributed by atoms with van der Waals surface area (Å²) < 4.78 is 27.4. The van der Waals surface area contributed by atoms with Gasteiger partial charge < -0.3 is 5.32 Å². The highest BCUT2D eigenvalue weighted by Crippen LogP contribution is 2.18. The lowest BCUT2D eigenvalue weighted by molar-refractivity contribution is 0.410. The summed E-state index contributed by atoms with van der Waals surface area (Å²) >= 11 is 0. The van der Waals surface area contributed by atoms with Crippen LogP contribution in [0.2, 0.25) is 0 Å². The lowest BCUT2D eigenvalue weighted by Gasteiger charge is -2.25. The van der Waals surface area contributed by atoms with Crippen LogP contribution in [0.5, 0.6) is 0 Å². The molecule has 1 heterocycles. The first-order chi connectivity index (χ1) is 9.16. The average Bonchev–Trinajstić information content (AvgIpc) is 2.33. The van der Waals surface area contributed by atoms with Gasteiger partial charge in [-0.3, -0.25) is 0 Å². The smallest absolute Gasteiger partial charge is 0.213 e. The lowest BCUT2D eigenvalue weighted by Crippen LogP contribution is -2.45. The lowest BCUT2D eigenvalue weighted by atomic mass is 9.97. The summed E-state index contributed by atoms with van der Waals surface area (Å²) in [5.74, 6) is 0.253. The quantitative estimate of drug-likeness (QED) is 0.833. The maximum atomic E-state index is 12.2. The fourth-order valence-corrected chi connectivity index (χ4v) is 4.86. The summed E-state index contributed by atoms with van der Waals surface area (Å²) in [7, 11) is -3.12. The van der Waals surface area contributed by atoms with Crippen LogP contribution in [0, 0.1) is 0 Å². The van der Waals surface area contributed by atoms with Crippen LogP contribution in [0.4, 0.5) is 0 Å². The Morgan fingerprint density at radius 3 is 2.16 bits per heavy atom. The molecular weight excluding hydrogens is 260 g/mol. The molecule has 2 fully saturated rings. The Hall–Kier alpha value is -0.130. The molecule has 1 saturated carbocycles. The van der Waals surface area contributed by atoms with Crippen molar-refractivity contribution < 1.29 is 8.42 Å². The standard InChI is InChI=1S/C14H28N2O2S/c17-19(18,12-14-10-6-7-11-15-14)16-13-8-4-2-1-3-5-9-13/h13-16H,1-12H2. The fraction of sp³-hybridized carbons (Fsp3) is 1.00. The van der Waals surface area contributed by atoms with Gasteiger partial charge in [0.25, 0.3) is 0 Å². The second-order valence-corrected chi connectivity index (χ2v) is 7.89. The number of piperidine rings is 1. The van der Waals surface area contributed by atoms with Crippen LogP contribution in [0.1, 0.15) is 64.2 Å². The van der Waals surface area contributed by atoms with Crippen LogP contribution in [0.25, 0.3) is 0 Å². The maximum absolute atomic E-state index is 12.2. The van der Waals surface area contributed by atoms with Gasteiger partial charge in [-0.2, -0.15) is 0 Å². The molecule has 0 aromatic carbocycles. The van der Waals surface area contributed by atoms with Crippen molar-refractivity contribution in [3.05, 3.63) is 0 Å². The van der Waals surface area contributed by atoms with E-state index in [-0.39, 0.29) is 17.8 Å². The minimum atomic E-state index is -3.12. The summed E-state index contributed by atoms with van der Waals surface area (Å²) in [4.78, 5) is 0. The summed E-state index contributed by atoms with van der Waals surface area (Å²) in [5, 5.41) is 3.32. The van der Waals surface area contributed by atoms with Gasteiger partial charge in [-0.15, -0.1) is 0 Å². The Kier molecular flexibility index (Phi) is 6.10. The maximum Gasteiger partial charge on any atom is 0.213 e. The molecule has 1 atom stereocenters. The summed E-state index contributed by atoms with van der Waals surface area (Å²) in [5.41, 5.74) is 0. The minimum absolute atomic E-state index is 0.153. The molecule has 0 bridgehead atoms. The molecule has 2 rings (SSSR count). The number of hydrogen-bond acceptors (Lipinski definition) is 3. The van der Waals surface area contributed by atoms with Crippen molar-refractivity contribution in [2.45, 2.75) is 76.3 Å². The zero-order chi connectivity index (χ0) is 13.6. The minimum Gasteiger partial charge on any atom is -0.313 e. The van der Waals surface area contributed by atoms with E-state index < -0.39 is 10.0 Å². The van der Waals surface area contributed by atoms with Gasteiger partial charge in [0.15, 0.2) is 0 Å². The van der Waals surface area contributed by atoms with Crippen molar-refractivity contribution in [3.63, 3.8) is 0 Å². The molecule has 2 N–H and O–H groups in total. The van der Waals surface area contributed by atoms with E-state index in [2.05, 4.69) is 10.0 Å². The largest absolute Gasteiger partial charge is 0.313 e. The van der Waals surface area contributed by atoms with Gasteiger partial charge in [0.2, 0.25) is 10.0 Å². The van der Waals surface area contributed by atoms with Crippen molar-refractivity contribution in [3.8, 4) is 0 Å². The monoisotopic (exact) mass is 288 g/mol. The zero-order valence-electron chi connectivity index (χ0n) is 11.9. The van der Waals surface area contributed by atoms with E-state index in [1.54, 1.807) is 0 Å². The summed E-state index contributed by atoms with van der Waals surface area (Å²) in [6.07, 6.45) is 11.5. The van der Waals surface area contributed by atoms with Crippen molar-refractivity contribution in [2.24, 2.45) is 0 Å². The molecule has 19 heavy (non-hydrogen) atoms. The van der Waals surface area contributed by atoms with E-state index in [9.17, 15) is 8.42 Å². The molecule has 0 radical (unpaired) electrons. The van der Waals surface area contributed by atoms with Gasteiger partial charge >= 0.3 is 0 Å². The van der Waals surface area contributed by atoms with E-state index in [0.717, 1.165) is 45.1 Å². The molecule has 0 aromatic heterocycles. The first-order valence-electron chi connectivity index (χ1n) is 7.89. The number of nitrogens with one attached hydrogen (secondary N) is 2. The molecule has 1 unspecified atom stereocenters. The van der Waals surface area contributed by atoms with Crippen LogP contribution in [-0.4, -0.2) is 32.8 Å². The number of hydrogen-bond donors (Lipinski definition) is 2. The van der Waals surface area contributed by atoms with E-state index >= 15 is 0 Å². The second kappa shape index (κ2) is 7.60. The Morgan fingerprint density at radius 2 is 1.53 bits per heavy atom. The van der Waals surface area contributed by atoms with Crippen LogP contribution >= 0.6 is 0 Å². The van der Waals surface area contributed by atoms with Crippen LogP contribution in [-0.2, 0) is 10.0 Å². The molecule has 0 amide bonds. The van der Waals surface area contributed by atoms with Crippen molar-refractivity contribution >= 4 is 10.0 Å². The van der Waals surface area contributed by atoms with Crippen molar-refractivity contribution in [1.82, 2.24) is 10.0 Å². The Morgan fingerprint density at radius 1 is 0.895 bits per heavy atom. The molecule has 112 valence electrons. The van der Waals surface area contributed by atoms with E-state index in [4.69, 9.17) is 0 Å².